The van der Waals surface area contributed by atoms with Crippen LogP contribution < -0.4 is 4.74 Å². The Kier molecular flexibility index (Phi) is 3.17. The third-order valence-electron chi connectivity index (χ3n) is 2.49. The second-order valence-electron chi connectivity index (χ2n) is 3.48. The van der Waals surface area contributed by atoms with E-state index in [2.05, 4.69) is 23.8 Å². The SMILES string of the molecule is COc1ccc(C2(C)SC=CS2)cc1C#N. The topological polar surface area (TPSA) is 33.0 Å². The van der Waals surface area contributed by atoms with Crippen molar-refractivity contribution in [2.75, 3.05) is 7.11 Å². The number of rotatable bonds is 2. The molecule has 0 aromatic heterocycles. The van der Waals surface area contributed by atoms with E-state index >= 15 is 0 Å². The molecule has 16 heavy (non-hydrogen) atoms. The Morgan fingerprint density at radius 2 is 2.00 bits per heavy atom. The third kappa shape index (κ3) is 1.93. The lowest BCUT2D eigenvalue weighted by atomic mass is 10.1. The van der Waals surface area contributed by atoms with E-state index in [9.17, 15) is 0 Å². The molecule has 0 unspecified atom stereocenters. The van der Waals surface area contributed by atoms with Crippen molar-refractivity contribution >= 4 is 23.5 Å². The molecule has 0 atom stereocenters. The lowest BCUT2D eigenvalue weighted by Gasteiger charge is -2.22. The first-order chi connectivity index (χ1) is 7.69. The van der Waals surface area contributed by atoms with Crippen LogP contribution in [0.5, 0.6) is 5.75 Å². The second kappa shape index (κ2) is 4.44. The van der Waals surface area contributed by atoms with E-state index < -0.39 is 0 Å². The Morgan fingerprint density at radius 1 is 1.31 bits per heavy atom. The summed E-state index contributed by atoms with van der Waals surface area (Å²) in [5.41, 5.74) is 1.74. The first kappa shape index (κ1) is 11.4. The second-order valence-corrected chi connectivity index (χ2v) is 6.39. The van der Waals surface area contributed by atoms with Gasteiger partial charge in [-0.1, -0.05) is 6.07 Å². The molecule has 1 aliphatic rings. The van der Waals surface area contributed by atoms with Crippen molar-refractivity contribution in [3.05, 3.63) is 40.1 Å². The van der Waals surface area contributed by atoms with Crippen molar-refractivity contribution in [2.45, 2.75) is 11.0 Å². The van der Waals surface area contributed by atoms with Crippen LogP contribution in [-0.4, -0.2) is 7.11 Å². The molecule has 0 saturated carbocycles. The van der Waals surface area contributed by atoms with E-state index in [0.717, 1.165) is 5.56 Å². The summed E-state index contributed by atoms with van der Waals surface area (Å²) in [6, 6.07) is 7.95. The summed E-state index contributed by atoms with van der Waals surface area (Å²) in [6.07, 6.45) is 0. The predicted octanol–water partition coefficient (Wildman–Crippen LogP) is 3.69. The van der Waals surface area contributed by atoms with Crippen LogP contribution >= 0.6 is 23.5 Å². The number of ether oxygens (including phenoxy) is 1. The van der Waals surface area contributed by atoms with E-state index in [1.54, 1.807) is 30.6 Å². The Bertz CT molecular complexity index is 468. The fourth-order valence-corrected chi connectivity index (χ4v) is 3.60. The van der Waals surface area contributed by atoms with Gasteiger partial charge in [0.2, 0.25) is 0 Å². The van der Waals surface area contributed by atoms with E-state index in [0.29, 0.717) is 11.3 Å². The summed E-state index contributed by atoms with van der Waals surface area (Å²) in [6.45, 7) is 2.16. The molecule has 4 heteroatoms. The van der Waals surface area contributed by atoms with Gasteiger partial charge < -0.3 is 4.74 Å². The van der Waals surface area contributed by atoms with Crippen molar-refractivity contribution in [1.29, 1.82) is 5.26 Å². The molecule has 0 spiro atoms. The van der Waals surface area contributed by atoms with Crippen LogP contribution in [0.2, 0.25) is 0 Å². The molecule has 82 valence electrons. The molecule has 1 heterocycles. The lowest BCUT2D eigenvalue weighted by molar-refractivity contribution is 0.413. The highest BCUT2D eigenvalue weighted by Gasteiger charge is 2.30. The van der Waals surface area contributed by atoms with Crippen LogP contribution in [0.3, 0.4) is 0 Å². The fraction of sp³-hybridized carbons (Fsp3) is 0.250. The quantitative estimate of drug-likeness (QED) is 0.800. The summed E-state index contributed by atoms with van der Waals surface area (Å²) >= 11 is 3.53. The van der Waals surface area contributed by atoms with Gasteiger partial charge in [0.15, 0.2) is 0 Å². The van der Waals surface area contributed by atoms with E-state index in [1.165, 1.54) is 0 Å². The Hall–Kier alpha value is -1.05. The average Bonchev–Trinajstić information content (AvgIpc) is 2.76. The van der Waals surface area contributed by atoms with Gasteiger partial charge in [-0.2, -0.15) is 5.26 Å². The van der Waals surface area contributed by atoms with Crippen molar-refractivity contribution in [3.8, 4) is 11.8 Å². The first-order valence-corrected chi connectivity index (χ1v) is 6.55. The minimum Gasteiger partial charge on any atom is -0.495 e. The van der Waals surface area contributed by atoms with Crippen LogP contribution in [0.1, 0.15) is 18.1 Å². The molecule has 0 fully saturated rings. The number of hydrogen-bond donors (Lipinski definition) is 0. The van der Waals surface area contributed by atoms with Crippen LogP contribution in [0.4, 0.5) is 0 Å². The maximum absolute atomic E-state index is 9.04. The van der Waals surface area contributed by atoms with Crippen molar-refractivity contribution < 1.29 is 4.74 Å². The van der Waals surface area contributed by atoms with Crippen LogP contribution in [0.25, 0.3) is 0 Å². The van der Waals surface area contributed by atoms with Crippen molar-refractivity contribution in [3.63, 3.8) is 0 Å². The molecule has 0 radical (unpaired) electrons. The van der Waals surface area contributed by atoms with Crippen LogP contribution in [0.15, 0.2) is 29.0 Å². The van der Waals surface area contributed by atoms with Crippen molar-refractivity contribution in [1.82, 2.24) is 0 Å². The maximum Gasteiger partial charge on any atom is 0.136 e. The molecule has 0 aliphatic carbocycles. The molecule has 2 rings (SSSR count). The van der Waals surface area contributed by atoms with Gasteiger partial charge in [0, 0.05) is 0 Å². The highest BCUT2D eigenvalue weighted by atomic mass is 32.2. The molecule has 1 aliphatic heterocycles. The zero-order valence-electron chi connectivity index (χ0n) is 9.06. The molecule has 1 aromatic rings. The largest absolute Gasteiger partial charge is 0.495 e. The normalized spacial score (nSPS) is 17.1. The average molecular weight is 249 g/mol. The molecule has 1 aromatic carbocycles. The van der Waals surface area contributed by atoms with Crippen molar-refractivity contribution in [2.24, 2.45) is 0 Å². The lowest BCUT2D eigenvalue weighted by Crippen LogP contribution is -2.08. The van der Waals surface area contributed by atoms with Gasteiger partial charge >= 0.3 is 0 Å². The summed E-state index contributed by atoms with van der Waals surface area (Å²) in [5.74, 6) is 0.635. The summed E-state index contributed by atoms with van der Waals surface area (Å²) in [4.78, 5) is 0. The van der Waals surface area contributed by atoms with E-state index in [1.807, 2.05) is 18.2 Å². The molecule has 0 N–H and O–H groups in total. The van der Waals surface area contributed by atoms with Crippen LogP contribution in [-0.2, 0) is 4.08 Å². The van der Waals surface area contributed by atoms with E-state index in [4.69, 9.17) is 10.00 Å². The minimum absolute atomic E-state index is 0.0160. The number of nitrogens with zero attached hydrogens (tertiary/aromatic N) is 1. The van der Waals surface area contributed by atoms with Gasteiger partial charge in [-0.05, 0) is 35.4 Å². The predicted molar refractivity (Wildman–Crippen MR) is 69.4 cm³/mol. The smallest absolute Gasteiger partial charge is 0.136 e. The summed E-state index contributed by atoms with van der Waals surface area (Å²) < 4.78 is 5.12. The molecule has 0 amide bonds. The van der Waals surface area contributed by atoms with Crippen LogP contribution in [0, 0.1) is 11.3 Å². The molecular weight excluding hydrogens is 238 g/mol. The van der Waals surface area contributed by atoms with Gasteiger partial charge in [-0.25, -0.2) is 0 Å². The standard InChI is InChI=1S/C12H11NOS2/c1-12(15-5-6-16-12)10-3-4-11(14-2)9(7-10)8-13/h3-7H,1-2H3. The number of thioether (sulfide) groups is 2. The van der Waals surface area contributed by atoms with Gasteiger partial charge in [-0.15, -0.1) is 23.5 Å². The van der Waals surface area contributed by atoms with E-state index in [-0.39, 0.29) is 4.08 Å². The maximum atomic E-state index is 9.04. The molecule has 2 nitrogen and oxygen atoms in total. The first-order valence-electron chi connectivity index (χ1n) is 4.79. The molecular formula is C12H11NOS2. The number of benzene rings is 1. The van der Waals surface area contributed by atoms with Gasteiger partial charge in [0.25, 0.3) is 0 Å². The number of nitriles is 1. The third-order valence-corrected chi connectivity index (χ3v) is 5.15. The Balaban J connectivity index is 2.41. The minimum atomic E-state index is -0.0160. The number of methoxy groups -OCH3 is 1. The monoisotopic (exact) mass is 249 g/mol. The molecule has 0 saturated heterocycles. The van der Waals surface area contributed by atoms with Gasteiger partial charge in [0.1, 0.15) is 11.8 Å². The summed E-state index contributed by atoms with van der Waals surface area (Å²) in [7, 11) is 1.58. The highest BCUT2D eigenvalue weighted by Crippen LogP contribution is 2.52. The molecule has 0 bridgehead atoms. The fourth-order valence-electron chi connectivity index (χ4n) is 1.56. The summed E-state index contributed by atoms with van der Waals surface area (Å²) in [5, 5.41) is 13.2. The number of hydrogen-bond acceptors (Lipinski definition) is 4. The Labute approximate surface area is 104 Å². The highest BCUT2D eigenvalue weighted by molar-refractivity contribution is 8.22. The Morgan fingerprint density at radius 3 is 2.56 bits per heavy atom. The van der Waals surface area contributed by atoms with Gasteiger partial charge in [0.05, 0.1) is 16.8 Å². The zero-order chi connectivity index (χ0) is 11.6. The zero-order valence-corrected chi connectivity index (χ0v) is 10.7. The van der Waals surface area contributed by atoms with Gasteiger partial charge in [-0.3, -0.25) is 0 Å².